The van der Waals surface area contributed by atoms with E-state index in [4.69, 9.17) is 32.4 Å². The van der Waals surface area contributed by atoms with Crippen molar-refractivity contribution in [2.45, 2.75) is 13.2 Å². The predicted molar refractivity (Wildman–Crippen MR) is 95.5 cm³/mol. The number of nitrogens with zero attached hydrogens (tertiary/aromatic N) is 2. The van der Waals surface area contributed by atoms with Crippen molar-refractivity contribution in [3.8, 4) is 5.75 Å². The molecule has 0 radical (unpaired) electrons. The molecule has 3 aromatic rings. The third-order valence-corrected chi connectivity index (χ3v) is 4.17. The average Bonchev–Trinajstić information content (AvgIpc) is 3.01. The number of carbonyl (C=O) groups is 1. The van der Waals surface area contributed by atoms with Gasteiger partial charge in [-0.3, -0.25) is 14.7 Å². The number of aliphatic hydroxyl groups excluding tert-OH is 1. The van der Waals surface area contributed by atoms with Crippen LogP contribution in [-0.2, 0) is 0 Å². The van der Waals surface area contributed by atoms with Gasteiger partial charge in [0, 0.05) is 18.5 Å². The SMILES string of the molecule is COc1cccc2oc(C(=O)N(c3c(Cl)cncc3Cl)C(C)O)cc12. The van der Waals surface area contributed by atoms with Gasteiger partial charge in [0.05, 0.1) is 28.2 Å². The Bertz CT molecular complexity index is 919. The van der Waals surface area contributed by atoms with Crippen LogP contribution in [0.25, 0.3) is 11.0 Å². The molecule has 0 saturated heterocycles. The maximum atomic E-state index is 13.0. The standard InChI is InChI=1S/C17H14Cl2N2O4/c1-9(22)21(16-11(18)7-20-8-12(16)19)17(23)15-6-10-13(24-2)4-3-5-14(10)25-15/h3-9,22H,1-2H3. The highest BCUT2D eigenvalue weighted by atomic mass is 35.5. The number of hydrogen-bond donors (Lipinski definition) is 1. The van der Waals surface area contributed by atoms with Crippen molar-refractivity contribution < 1.29 is 19.1 Å². The number of benzene rings is 1. The first-order valence-corrected chi connectivity index (χ1v) is 8.06. The van der Waals surface area contributed by atoms with E-state index in [1.165, 1.54) is 26.4 Å². The highest BCUT2D eigenvalue weighted by Crippen LogP contribution is 2.36. The number of furan rings is 1. The molecule has 8 heteroatoms. The van der Waals surface area contributed by atoms with Gasteiger partial charge < -0.3 is 14.3 Å². The predicted octanol–water partition coefficient (Wildman–Crippen LogP) is 4.13. The van der Waals surface area contributed by atoms with Crippen molar-refractivity contribution in [2.24, 2.45) is 0 Å². The summed E-state index contributed by atoms with van der Waals surface area (Å²) in [6.07, 6.45) is 1.49. The van der Waals surface area contributed by atoms with Crippen LogP contribution >= 0.6 is 23.2 Å². The van der Waals surface area contributed by atoms with Gasteiger partial charge in [-0.05, 0) is 19.1 Å². The Hall–Kier alpha value is -2.28. The molecule has 6 nitrogen and oxygen atoms in total. The molecular formula is C17H14Cl2N2O4. The summed E-state index contributed by atoms with van der Waals surface area (Å²) in [4.78, 5) is 17.9. The number of hydrogen-bond acceptors (Lipinski definition) is 5. The molecule has 0 aliphatic heterocycles. The Kier molecular flexibility index (Phi) is 4.85. The zero-order chi connectivity index (χ0) is 18.1. The molecule has 25 heavy (non-hydrogen) atoms. The number of halogens is 2. The number of rotatable bonds is 4. The second-order valence-corrected chi connectivity index (χ2v) is 6.06. The number of aromatic nitrogens is 1. The molecule has 0 aliphatic rings. The molecule has 1 aromatic carbocycles. The molecule has 1 atom stereocenters. The van der Waals surface area contributed by atoms with E-state index in [0.717, 1.165) is 4.90 Å². The van der Waals surface area contributed by atoms with Crippen LogP contribution in [-0.4, -0.2) is 29.3 Å². The van der Waals surface area contributed by atoms with Gasteiger partial charge in [0.1, 0.15) is 17.6 Å². The Morgan fingerprint density at radius 3 is 2.60 bits per heavy atom. The van der Waals surface area contributed by atoms with Crippen LogP contribution in [0.2, 0.25) is 10.0 Å². The third-order valence-electron chi connectivity index (χ3n) is 3.61. The fourth-order valence-electron chi connectivity index (χ4n) is 2.53. The number of amides is 1. The topological polar surface area (TPSA) is 75.8 Å². The van der Waals surface area contributed by atoms with E-state index in [2.05, 4.69) is 4.98 Å². The minimum atomic E-state index is -1.19. The first-order chi connectivity index (χ1) is 11.9. The van der Waals surface area contributed by atoms with Crippen LogP contribution in [0.3, 0.4) is 0 Å². The van der Waals surface area contributed by atoms with Crippen LogP contribution in [0.5, 0.6) is 5.75 Å². The molecule has 0 bridgehead atoms. The molecule has 1 amide bonds. The fourth-order valence-corrected chi connectivity index (χ4v) is 3.08. The summed E-state index contributed by atoms with van der Waals surface area (Å²) < 4.78 is 10.9. The van der Waals surface area contributed by atoms with Crippen LogP contribution in [0.4, 0.5) is 5.69 Å². The molecule has 3 rings (SSSR count). The monoisotopic (exact) mass is 380 g/mol. The van der Waals surface area contributed by atoms with Crippen molar-refractivity contribution in [1.82, 2.24) is 4.98 Å². The maximum Gasteiger partial charge on any atom is 0.296 e. The zero-order valence-electron chi connectivity index (χ0n) is 13.4. The van der Waals surface area contributed by atoms with Gasteiger partial charge >= 0.3 is 0 Å². The Balaban J connectivity index is 2.11. The van der Waals surface area contributed by atoms with E-state index in [-0.39, 0.29) is 21.5 Å². The second kappa shape index (κ2) is 6.92. The lowest BCUT2D eigenvalue weighted by Crippen LogP contribution is -2.39. The molecule has 0 aliphatic carbocycles. The van der Waals surface area contributed by atoms with Gasteiger partial charge in [0.15, 0.2) is 5.76 Å². The number of methoxy groups -OCH3 is 1. The van der Waals surface area contributed by atoms with E-state index >= 15 is 0 Å². The summed E-state index contributed by atoms with van der Waals surface area (Å²) in [6, 6.07) is 6.78. The molecular weight excluding hydrogens is 367 g/mol. The number of carbonyl (C=O) groups excluding carboxylic acids is 1. The van der Waals surface area contributed by atoms with Gasteiger partial charge in [-0.25, -0.2) is 0 Å². The van der Waals surface area contributed by atoms with Gasteiger partial charge in [-0.1, -0.05) is 29.3 Å². The first-order valence-electron chi connectivity index (χ1n) is 7.31. The molecule has 130 valence electrons. The van der Waals surface area contributed by atoms with Gasteiger partial charge in [0.2, 0.25) is 0 Å². The Morgan fingerprint density at radius 1 is 1.32 bits per heavy atom. The van der Waals surface area contributed by atoms with E-state index in [0.29, 0.717) is 16.7 Å². The van der Waals surface area contributed by atoms with Crippen LogP contribution in [0.15, 0.2) is 41.1 Å². The van der Waals surface area contributed by atoms with Crippen molar-refractivity contribution in [1.29, 1.82) is 0 Å². The van der Waals surface area contributed by atoms with Crippen molar-refractivity contribution in [2.75, 3.05) is 12.0 Å². The largest absolute Gasteiger partial charge is 0.496 e. The van der Waals surface area contributed by atoms with Crippen molar-refractivity contribution in [3.05, 3.63) is 52.5 Å². The highest BCUT2D eigenvalue weighted by Gasteiger charge is 2.29. The Labute approximate surface area is 153 Å². The van der Waals surface area contributed by atoms with E-state index < -0.39 is 12.1 Å². The minimum absolute atomic E-state index is 0.0179. The first kappa shape index (κ1) is 17.5. The van der Waals surface area contributed by atoms with E-state index in [9.17, 15) is 9.90 Å². The van der Waals surface area contributed by atoms with Crippen LogP contribution < -0.4 is 9.64 Å². The quantitative estimate of drug-likeness (QED) is 0.688. The van der Waals surface area contributed by atoms with Crippen LogP contribution in [0, 0.1) is 0 Å². The molecule has 1 N–H and O–H groups in total. The zero-order valence-corrected chi connectivity index (χ0v) is 14.9. The number of fused-ring (bicyclic) bond motifs is 1. The van der Waals surface area contributed by atoms with E-state index in [1.807, 2.05) is 0 Å². The normalized spacial score (nSPS) is 12.2. The van der Waals surface area contributed by atoms with Crippen LogP contribution in [0.1, 0.15) is 17.5 Å². The Morgan fingerprint density at radius 2 is 2.00 bits per heavy atom. The lowest BCUT2D eigenvalue weighted by Gasteiger charge is -2.26. The summed E-state index contributed by atoms with van der Waals surface area (Å²) in [7, 11) is 1.53. The van der Waals surface area contributed by atoms with Crippen molar-refractivity contribution >= 4 is 45.8 Å². The lowest BCUT2D eigenvalue weighted by atomic mass is 10.2. The maximum absolute atomic E-state index is 13.0. The molecule has 2 heterocycles. The molecule has 0 fully saturated rings. The molecule has 1 unspecified atom stereocenters. The molecule has 2 aromatic heterocycles. The summed E-state index contributed by atoms with van der Waals surface area (Å²) in [5, 5.41) is 11.0. The van der Waals surface area contributed by atoms with Gasteiger partial charge in [-0.2, -0.15) is 0 Å². The fraction of sp³-hybridized carbons (Fsp3) is 0.176. The minimum Gasteiger partial charge on any atom is -0.496 e. The van der Waals surface area contributed by atoms with E-state index in [1.54, 1.807) is 24.3 Å². The lowest BCUT2D eigenvalue weighted by molar-refractivity contribution is 0.0882. The summed E-state index contributed by atoms with van der Waals surface area (Å²) in [5.41, 5.74) is 0.644. The van der Waals surface area contributed by atoms with Crippen molar-refractivity contribution in [3.63, 3.8) is 0 Å². The molecule has 0 saturated carbocycles. The number of ether oxygens (including phenoxy) is 1. The van der Waals surface area contributed by atoms with Gasteiger partial charge in [0.25, 0.3) is 5.91 Å². The number of pyridine rings is 1. The number of anilines is 1. The molecule has 0 spiro atoms. The third kappa shape index (κ3) is 3.16. The highest BCUT2D eigenvalue weighted by molar-refractivity contribution is 6.40. The summed E-state index contributed by atoms with van der Waals surface area (Å²) >= 11 is 12.2. The summed E-state index contributed by atoms with van der Waals surface area (Å²) in [6.45, 7) is 1.42. The summed E-state index contributed by atoms with van der Waals surface area (Å²) in [5.74, 6) is -0.00327. The number of aliphatic hydroxyl groups is 1. The second-order valence-electron chi connectivity index (χ2n) is 5.24. The smallest absolute Gasteiger partial charge is 0.296 e. The average molecular weight is 381 g/mol. The van der Waals surface area contributed by atoms with Gasteiger partial charge in [-0.15, -0.1) is 0 Å².